The number of ether oxygens (including phenoxy) is 1. The van der Waals surface area contributed by atoms with Crippen LogP contribution in [-0.2, 0) is 9.53 Å². The van der Waals surface area contributed by atoms with E-state index in [1.54, 1.807) is 6.26 Å². The highest BCUT2D eigenvalue weighted by Crippen LogP contribution is 2.12. The minimum Gasteiger partial charge on any atom is -0.435 e. The molecule has 0 fully saturated rings. The van der Waals surface area contributed by atoms with Crippen LogP contribution >= 0.6 is 0 Å². The molecule has 34 heavy (non-hydrogen) atoms. The fraction of sp³-hybridized carbons (Fsp3) is 0.844. The summed E-state index contributed by atoms with van der Waals surface area (Å²) in [5.41, 5.74) is 0. The van der Waals surface area contributed by atoms with E-state index in [1.165, 1.54) is 135 Å². The first-order valence-electron chi connectivity index (χ1n) is 15.3. The van der Waals surface area contributed by atoms with Crippen LogP contribution in [0, 0.1) is 0 Å². The van der Waals surface area contributed by atoms with Crippen LogP contribution in [0.15, 0.2) is 24.5 Å². The van der Waals surface area contributed by atoms with Gasteiger partial charge >= 0.3 is 5.97 Å². The van der Waals surface area contributed by atoms with E-state index in [2.05, 4.69) is 26.0 Å². The molecule has 0 N–H and O–H groups in total. The van der Waals surface area contributed by atoms with Crippen molar-refractivity contribution in [3.05, 3.63) is 24.5 Å². The predicted molar refractivity (Wildman–Crippen MR) is 151 cm³/mol. The van der Waals surface area contributed by atoms with E-state index in [4.69, 9.17) is 4.74 Å². The molecule has 0 radical (unpaired) electrons. The zero-order chi connectivity index (χ0) is 24.8. The summed E-state index contributed by atoms with van der Waals surface area (Å²) in [4.78, 5) is 11.8. The number of esters is 1. The molecule has 0 amide bonds. The van der Waals surface area contributed by atoms with Gasteiger partial charge in [-0.15, -0.1) is 0 Å². The van der Waals surface area contributed by atoms with E-state index in [0.29, 0.717) is 6.42 Å². The van der Waals surface area contributed by atoms with Crippen molar-refractivity contribution in [3.63, 3.8) is 0 Å². The summed E-state index contributed by atoms with van der Waals surface area (Å²) in [6.07, 6.45) is 40.2. The van der Waals surface area contributed by atoms with Crippen molar-refractivity contribution in [1.82, 2.24) is 0 Å². The molecular formula is C32H60O2. The molecule has 0 bridgehead atoms. The third kappa shape index (κ3) is 29.0. The molecule has 0 aliphatic rings. The molecule has 200 valence electrons. The van der Waals surface area contributed by atoms with Crippen LogP contribution < -0.4 is 0 Å². The first-order valence-corrected chi connectivity index (χ1v) is 15.3. The van der Waals surface area contributed by atoms with Gasteiger partial charge in [0.25, 0.3) is 0 Å². The van der Waals surface area contributed by atoms with Crippen LogP contribution in [0.3, 0.4) is 0 Å². The molecule has 0 aromatic carbocycles. The number of rotatable bonds is 27. The van der Waals surface area contributed by atoms with Crippen molar-refractivity contribution < 1.29 is 9.53 Å². The third-order valence-electron chi connectivity index (χ3n) is 6.66. The van der Waals surface area contributed by atoms with Crippen LogP contribution in [0.25, 0.3) is 0 Å². The molecule has 0 heterocycles. The maximum absolute atomic E-state index is 11.8. The lowest BCUT2D eigenvalue weighted by atomic mass is 10.1. The van der Waals surface area contributed by atoms with Gasteiger partial charge < -0.3 is 4.74 Å². The van der Waals surface area contributed by atoms with E-state index in [9.17, 15) is 4.79 Å². The highest BCUT2D eigenvalue weighted by molar-refractivity contribution is 5.69. The first kappa shape index (κ1) is 33.0. The summed E-state index contributed by atoms with van der Waals surface area (Å²) < 4.78 is 5.22. The summed E-state index contributed by atoms with van der Waals surface area (Å²) in [6.45, 7) is 4.55. The number of carbonyl (C=O) groups excluding carboxylic acids is 1. The molecule has 0 aromatic rings. The van der Waals surface area contributed by atoms with Gasteiger partial charge in [0.05, 0.1) is 6.26 Å². The molecule has 0 saturated heterocycles. The average Bonchev–Trinajstić information content (AvgIpc) is 2.84. The normalized spacial score (nSPS) is 11.7. The van der Waals surface area contributed by atoms with Crippen LogP contribution in [0.1, 0.15) is 174 Å². The van der Waals surface area contributed by atoms with Gasteiger partial charge in [-0.2, -0.15) is 0 Å². The molecule has 0 rings (SSSR count). The van der Waals surface area contributed by atoms with Gasteiger partial charge in [0.1, 0.15) is 0 Å². The predicted octanol–water partition coefficient (Wildman–Crippen LogP) is 11.4. The largest absolute Gasteiger partial charge is 0.435 e. The molecule has 2 nitrogen and oxygen atoms in total. The molecular weight excluding hydrogens is 416 g/mol. The monoisotopic (exact) mass is 476 g/mol. The maximum atomic E-state index is 11.8. The number of unbranched alkanes of at least 4 members (excludes halogenated alkanes) is 21. The van der Waals surface area contributed by atoms with Gasteiger partial charge in [0.2, 0.25) is 0 Å². The molecule has 0 aliphatic heterocycles. The fourth-order valence-corrected chi connectivity index (χ4v) is 4.34. The van der Waals surface area contributed by atoms with Gasteiger partial charge in [-0.1, -0.05) is 135 Å². The summed E-state index contributed by atoms with van der Waals surface area (Å²) in [5, 5.41) is 0. The van der Waals surface area contributed by atoms with E-state index in [0.717, 1.165) is 19.3 Å². The Hall–Kier alpha value is -1.05. The van der Waals surface area contributed by atoms with Crippen molar-refractivity contribution in [2.75, 3.05) is 0 Å². The molecule has 0 saturated carbocycles. The Morgan fingerprint density at radius 3 is 1.26 bits per heavy atom. The van der Waals surface area contributed by atoms with E-state index in [1.807, 2.05) is 6.08 Å². The molecule has 0 aliphatic carbocycles. The highest BCUT2D eigenvalue weighted by atomic mass is 16.5. The van der Waals surface area contributed by atoms with Crippen molar-refractivity contribution >= 4 is 5.97 Å². The van der Waals surface area contributed by atoms with Gasteiger partial charge in [0.15, 0.2) is 0 Å². The van der Waals surface area contributed by atoms with Gasteiger partial charge in [-0.05, 0) is 51.0 Å². The summed E-state index contributed by atoms with van der Waals surface area (Å²) in [7, 11) is 0. The van der Waals surface area contributed by atoms with E-state index >= 15 is 0 Å². The number of hydrogen-bond donors (Lipinski definition) is 0. The fourth-order valence-electron chi connectivity index (χ4n) is 4.34. The topological polar surface area (TPSA) is 26.3 Å². The Kier molecular flexibility index (Phi) is 29.1. The molecule has 0 unspecified atom stereocenters. The van der Waals surface area contributed by atoms with E-state index < -0.39 is 0 Å². The Labute approximate surface area is 214 Å². The van der Waals surface area contributed by atoms with Gasteiger partial charge in [-0.3, -0.25) is 4.79 Å². The second-order valence-corrected chi connectivity index (χ2v) is 10.2. The molecule has 2 heteroatoms. The third-order valence-corrected chi connectivity index (χ3v) is 6.66. The zero-order valence-electron chi connectivity index (χ0n) is 23.3. The second-order valence-electron chi connectivity index (χ2n) is 10.2. The van der Waals surface area contributed by atoms with Crippen LogP contribution in [0.2, 0.25) is 0 Å². The Bertz CT molecular complexity index is 452. The summed E-state index contributed by atoms with van der Waals surface area (Å²) >= 11 is 0. The van der Waals surface area contributed by atoms with Crippen molar-refractivity contribution in [3.8, 4) is 0 Å². The lowest BCUT2D eigenvalue weighted by Crippen LogP contribution is -1.98. The zero-order valence-corrected chi connectivity index (χ0v) is 23.3. The molecule has 0 aromatic heterocycles. The maximum Gasteiger partial charge on any atom is 0.310 e. The van der Waals surface area contributed by atoms with Crippen molar-refractivity contribution in [1.29, 1.82) is 0 Å². The molecule has 0 atom stereocenters. The lowest BCUT2D eigenvalue weighted by molar-refractivity contribution is -0.138. The van der Waals surface area contributed by atoms with Crippen LogP contribution in [0.5, 0.6) is 0 Å². The van der Waals surface area contributed by atoms with Crippen LogP contribution in [-0.4, -0.2) is 5.97 Å². The number of carbonyl (C=O) groups is 1. The second kappa shape index (κ2) is 30.0. The van der Waals surface area contributed by atoms with Gasteiger partial charge in [0, 0.05) is 6.42 Å². The van der Waals surface area contributed by atoms with Crippen molar-refractivity contribution in [2.24, 2.45) is 0 Å². The summed E-state index contributed by atoms with van der Waals surface area (Å²) in [5.74, 6) is -0.0723. The Morgan fingerprint density at radius 2 is 0.824 bits per heavy atom. The Balaban J connectivity index is 3.27. The highest BCUT2D eigenvalue weighted by Gasteiger charge is 2.00. The van der Waals surface area contributed by atoms with Gasteiger partial charge in [-0.25, -0.2) is 0 Å². The SMILES string of the molecule is CCCCCCCC/C=C\CCCCCCCC(=O)OC=CCCCCCCCCCCCC. The standard InChI is InChI=1S/C32H60O2/c1-3-5-7-9-11-13-15-17-18-19-20-22-24-26-28-30-32(33)34-31-29-27-25-23-21-16-14-12-10-8-6-4-2/h17-18,29,31H,3-16,19-28,30H2,1-2H3/b18-17-,31-29?. The number of allylic oxidation sites excluding steroid dienone is 3. The minimum atomic E-state index is -0.0723. The average molecular weight is 477 g/mol. The van der Waals surface area contributed by atoms with Crippen molar-refractivity contribution in [2.45, 2.75) is 174 Å². The minimum absolute atomic E-state index is 0.0723. The smallest absolute Gasteiger partial charge is 0.310 e. The summed E-state index contributed by atoms with van der Waals surface area (Å²) in [6, 6.07) is 0. The lowest BCUT2D eigenvalue weighted by Gasteiger charge is -2.02. The first-order chi connectivity index (χ1) is 16.8. The molecule has 0 spiro atoms. The van der Waals surface area contributed by atoms with Crippen LogP contribution in [0.4, 0.5) is 0 Å². The number of hydrogen-bond acceptors (Lipinski definition) is 2. The van der Waals surface area contributed by atoms with E-state index in [-0.39, 0.29) is 5.97 Å². The quantitative estimate of drug-likeness (QED) is 0.0510. The Morgan fingerprint density at radius 1 is 0.471 bits per heavy atom.